The van der Waals surface area contributed by atoms with Crippen molar-refractivity contribution < 1.29 is 4.74 Å². The van der Waals surface area contributed by atoms with Crippen LogP contribution in [0.3, 0.4) is 0 Å². The monoisotopic (exact) mass is 937 g/mol. The smallest absolute Gasteiger partial charge is 0.129 e. The molecule has 0 amide bonds. The summed E-state index contributed by atoms with van der Waals surface area (Å²) in [7, 11) is 0. The van der Waals surface area contributed by atoms with Gasteiger partial charge in [-0.3, -0.25) is 0 Å². The quantitative estimate of drug-likeness (QED) is 0.156. The van der Waals surface area contributed by atoms with Gasteiger partial charge < -0.3 is 34.1 Å². The largest absolute Gasteiger partial charge is 0.382 e. The Labute approximate surface area is 422 Å². The third-order valence-electron chi connectivity index (χ3n) is 14.0. The molecule has 4 aliphatic heterocycles. The van der Waals surface area contributed by atoms with Crippen LogP contribution in [-0.2, 0) is 4.74 Å². The van der Waals surface area contributed by atoms with Crippen LogP contribution >= 0.6 is 0 Å². The van der Waals surface area contributed by atoms with Crippen molar-refractivity contribution in [3.05, 3.63) is 210 Å². The Hall–Kier alpha value is -6.44. The van der Waals surface area contributed by atoms with E-state index in [0.717, 1.165) is 32.7 Å². The third-order valence-corrected chi connectivity index (χ3v) is 14.0. The highest BCUT2D eigenvalue weighted by molar-refractivity contribution is 5.80. The van der Waals surface area contributed by atoms with Crippen LogP contribution < -0.4 is 19.6 Å². The summed E-state index contributed by atoms with van der Waals surface area (Å²) in [5.41, 5.74) is 27.8. The van der Waals surface area contributed by atoms with Crippen LogP contribution in [0.4, 0.5) is 22.7 Å². The Morgan fingerprint density at radius 3 is 0.729 bits per heavy atom. The molecule has 70 heavy (non-hydrogen) atoms. The minimum absolute atomic E-state index is 0.844. The average Bonchev–Trinajstić information content (AvgIpc) is 3.86. The second kappa shape index (κ2) is 21.3. The maximum absolute atomic E-state index is 4.83. The Balaban J connectivity index is 0.00000137. The molecular formula is C63H80N6O. The number of rotatable bonds is 10. The predicted octanol–water partition coefficient (Wildman–Crippen LogP) is 15.8. The highest BCUT2D eigenvalue weighted by Crippen LogP contribution is 2.44. The topological polar surface area (TPSA) is 28.7 Å². The normalized spacial score (nSPS) is 15.9. The number of hydrogen-bond donors (Lipinski definition) is 0. The van der Waals surface area contributed by atoms with E-state index in [-0.39, 0.29) is 0 Å². The summed E-state index contributed by atoms with van der Waals surface area (Å²) in [5.74, 6) is 2.34. The van der Waals surface area contributed by atoms with Gasteiger partial charge in [0.1, 0.15) is 11.6 Å². The number of hydrogen-bond acceptors (Lipinski definition) is 7. The van der Waals surface area contributed by atoms with Crippen LogP contribution in [-0.4, -0.2) is 36.1 Å². The highest BCUT2D eigenvalue weighted by Gasteiger charge is 2.33. The molecule has 8 rings (SSSR count). The molecule has 0 spiro atoms. The highest BCUT2D eigenvalue weighted by atomic mass is 16.5. The van der Waals surface area contributed by atoms with Gasteiger partial charge in [-0.1, -0.05) is 70.8 Å². The zero-order valence-corrected chi connectivity index (χ0v) is 45.9. The van der Waals surface area contributed by atoms with E-state index in [1.165, 1.54) is 135 Å². The van der Waals surface area contributed by atoms with Gasteiger partial charge in [0.2, 0.25) is 0 Å². The lowest BCUT2D eigenvalue weighted by atomic mass is 10.0. The molecule has 0 saturated carbocycles. The molecule has 0 bridgehead atoms. The van der Waals surface area contributed by atoms with Gasteiger partial charge in [0.25, 0.3) is 0 Å². The summed E-state index contributed by atoms with van der Waals surface area (Å²) in [5, 5.41) is 0. The molecule has 0 saturated heterocycles. The Bertz CT molecular complexity index is 2480. The van der Waals surface area contributed by atoms with E-state index in [9.17, 15) is 0 Å². The fourth-order valence-electron chi connectivity index (χ4n) is 11.7. The fourth-order valence-corrected chi connectivity index (χ4v) is 11.7. The lowest BCUT2D eigenvalue weighted by molar-refractivity contribution is 0.162. The maximum atomic E-state index is 4.83. The molecule has 7 nitrogen and oxygen atoms in total. The first-order chi connectivity index (χ1) is 33.2. The lowest BCUT2D eigenvalue weighted by Gasteiger charge is -2.36. The zero-order chi connectivity index (χ0) is 50.9. The minimum atomic E-state index is 0.844. The summed E-state index contributed by atoms with van der Waals surface area (Å²) in [6.45, 7) is 43.3. The second-order valence-electron chi connectivity index (χ2n) is 20.2. The number of ether oxygens (including phenoxy) is 1. The second-order valence-corrected chi connectivity index (χ2v) is 20.2. The summed E-state index contributed by atoms with van der Waals surface area (Å²) in [6, 6.07) is 18.4. The molecular weight excluding hydrogens is 857 g/mol. The molecule has 4 aromatic carbocycles. The molecule has 0 radical (unpaired) electrons. The van der Waals surface area contributed by atoms with Gasteiger partial charge in [-0.25, -0.2) is 0 Å². The summed E-state index contributed by atoms with van der Waals surface area (Å²) >= 11 is 0. The first kappa shape index (κ1) is 51.4. The third kappa shape index (κ3) is 10.4. The number of anilines is 4. The molecule has 0 aliphatic carbocycles. The van der Waals surface area contributed by atoms with Crippen LogP contribution in [0.2, 0.25) is 0 Å². The molecule has 0 fully saturated rings. The summed E-state index contributed by atoms with van der Waals surface area (Å²) < 4.78 is 4.83. The van der Waals surface area contributed by atoms with E-state index < -0.39 is 0 Å². The van der Waals surface area contributed by atoms with Gasteiger partial charge in [0, 0.05) is 85.0 Å². The van der Waals surface area contributed by atoms with Crippen LogP contribution in [0, 0.1) is 83.1 Å². The first-order valence-electron chi connectivity index (χ1n) is 25.4. The molecule has 0 atom stereocenters. The minimum Gasteiger partial charge on any atom is -0.382 e. The van der Waals surface area contributed by atoms with Crippen molar-refractivity contribution in [2.24, 2.45) is 0 Å². The SMILES string of the molecule is CC1=CC(=C2N(c3c(C)cc(C)cc3C)C=CN2c2c(C)cc(C)cc2C)C=C(C)N1CCCN1C(C)=CC(=C2N(c3c(C)cc(C)cc3C)C=CN2c2c(C)cc(C)cc2C)C=C1C.CCOCC. The van der Waals surface area contributed by atoms with Gasteiger partial charge in [-0.05, 0) is 200 Å². The standard InChI is InChI=1S/C59H70N6.C4H10O/c1-36-24-40(5)54(41(6)25-36)62-20-21-63(55-42(7)26-37(2)27-43(55)8)58(62)52-32-48(13)60(49(14)33-52)18-17-19-61-50(15)34-53(35-51(61)16)59-64(56-44(9)28-38(3)29-45(56)10)22-23-65(59)57-46(11)30-39(4)31-47(57)12;1-3-5-4-2/h20-35H,17-19H2,1-16H3;3-4H2,1-2H3. The first-order valence-corrected chi connectivity index (χ1v) is 25.4. The maximum Gasteiger partial charge on any atom is 0.129 e. The molecule has 0 aromatic heterocycles. The fraction of sp³-hybridized carbons (Fsp3) is 0.365. The van der Waals surface area contributed by atoms with E-state index in [1.807, 2.05) is 13.8 Å². The average molecular weight is 937 g/mol. The van der Waals surface area contributed by atoms with Crippen molar-refractivity contribution in [3.8, 4) is 0 Å². The number of benzene rings is 4. The van der Waals surface area contributed by atoms with Crippen molar-refractivity contribution in [2.45, 2.75) is 131 Å². The van der Waals surface area contributed by atoms with Crippen molar-refractivity contribution >= 4 is 22.7 Å². The zero-order valence-electron chi connectivity index (χ0n) is 45.9. The molecule has 0 unspecified atom stereocenters. The van der Waals surface area contributed by atoms with E-state index in [1.54, 1.807) is 0 Å². The van der Waals surface area contributed by atoms with Crippen LogP contribution in [0.1, 0.15) is 115 Å². The number of aryl methyl sites for hydroxylation is 12. The van der Waals surface area contributed by atoms with E-state index in [0.29, 0.717) is 0 Å². The molecule has 0 N–H and O–H groups in total. The molecule has 4 aliphatic rings. The molecule has 4 heterocycles. The van der Waals surface area contributed by atoms with Crippen molar-refractivity contribution in [2.75, 3.05) is 45.9 Å². The van der Waals surface area contributed by atoms with Crippen molar-refractivity contribution in [1.29, 1.82) is 0 Å². The van der Waals surface area contributed by atoms with Gasteiger partial charge in [0.05, 0.1) is 22.7 Å². The van der Waals surface area contributed by atoms with Crippen molar-refractivity contribution in [3.63, 3.8) is 0 Å². The van der Waals surface area contributed by atoms with E-state index in [2.05, 4.69) is 238 Å². The summed E-state index contributed by atoms with van der Waals surface area (Å²) in [4.78, 5) is 14.7. The van der Waals surface area contributed by atoms with Crippen molar-refractivity contribution in [1.82, 2.24) is 9.80 Å². The number of nitrogens with zero attached hydrogens (tertiary/aromatic N) is 6. The summed E-state index contributed by atoms with van der Waals surface area (Å²) in [6.07, 6.45) is 19.6. The number of allylic oxidation sites excluding steroid dienone is 10. The van der Waals surface area contributed by atoms with E-state index in [4.69, 9.17) is 4.74 Å². The predicted molar refractivity (Wildman–Crippen MR) is 300 cm³/mol. The Kier molecular flexibility index (Phi) is 15.6. The molecule has 368 valence electrons. The molecule has 7 heteroatoms. The van der Waals surface area contributed by atoms with Gasteiger partial charge in [-0.15, -0.1) is 0 Å². The van der Waals surface area contributed by atoms with Crippen LogP contribution in [0.15, 0.2) is 143 Å². The molecule has 4 aromatic rings. The van der Waals surface area contributed by atoms with Gasteiger partial charge in [-0.2, -0.15) is 0 Å². The lowest BCUT2D eigenvalue weighted by Crippen LogP contribution is -2.31. The van der Waals surface area contributed by atoms with Gasteiger partial charge >= 0.3 is 0 Å². The Morgan fingerprint density at radius 2 is 0.543 bits per heavy atom. The van der Waals surface area contributed by atoms with Crippen LogP contribution in [0.5, 0.6) is 0 Å². The van der Waals surface area contributed by atoms with Crippen LogP contribution in [0.25, 0.3) is 0 Å². The van der Waals surface area contributed by atoms with E-state index >= 15 is 0 Å². The Morgan fingerprint density at radius 1 is 0.329 bits per heavy atom. The van der Waals surface area contributed by atoms with Gasteiger partial charge in [0.15, 0.2) is 0 Å².